The Morgan fingerprint density at radius 1 is 1.38 bits per heavy atom. The quantitative estimate of drug-likeness (QED) is 0.813. The second-order valence-electron chi connectivity index (χ2n) is 3.60. The number of aliphatic hydroxyl groups excluding tert-OH is 1. The third-order valence-corrected chi connectivity index (χ3v) is 2.26. The minimum Gasteiger partial charge on any atom is -0.386 e. The largest absolute Gasteiger partial charge is 0.386 e. The molecule has 0 radical (unpaired) electrons. The maximum absolute atomic E-state index is 12.7. The summed E-state index contributed by atoms with van der Waals surface area (Å²) in [5.74, 6) is -0.325. The summed E-state index contributed by atoms with van der Waals surface area (Å²) < 4.78 is 36.6. The van der Waals surface area contributed by atoms with Crippen LogP contribution in [0.15, 0.2) is 18.2 Å². The van der Waals surface area contributed by atoms with Gasteiger partial charge < -0.3 is 10.4 Å². The first kappa shape index (κ1) is 13.0. The van der Waals surface area contributed by atoms with Gasteiger partial charge >= 0.3 is 0 Å². The number of halogens is 3. The van der Waals surface area contributed by atoms with Gasteiger partial charge in [0, 0.05) is 13.1 Å². The van der Waals surface area contributed by atoms with Crippen LogP contribution >= 0.6 is 0 Å². The van der Waals surface area contributed by atoms with Crippen molar-refractivity contribution < 1.29 is 18.3 Å². The SMILES string of the molecule is Cc1cc(F)ccc1CNCC(O)C(F)F. The second kappa shape index (κ2) is 5.86. The van der Waals surface area contributed by atoms with Gasteiger partial charge in [-0.2, -0.15) is 0 Å². The average Bonchev–Trinajstić information content (AvgIpc) is 2.20. The fourth-order valence-electron chi connectivity index (χ4n) is 1.30. The predicted molar refractivity (Wildman–Crippen MR) is 54.9 cm³/mol. The molecule has 1 atom stereocenters. The van der Waals surface area contributed by atoms with Gasteiger partial charge in [0.05, 0.1) is 0 Å². The van der Waals surface area contributed by atoms with E-state index in [0.717, 1.165) is 11.1 Å². The molecule has 0 bridgehead atoms. The number of hydrogen-bond acceptors (Lipinski definition) is 2. The van der Waals surface area contributed by atoms with E-state index in [0.29, 0.717) is 6.54 Å². The average molecular weight is 233 g/mol. The molecule has 0 aromatic heterocycles. The lowest BCUT2D eigenvalue weighted by Crippen LogP contribution is -2.31. The highest BCUT2D eigenvalue weighted by Gasteiger charge is 2.15. The minimum absolute atomic E-state index is 0.186. The summed E-state index contributed by atoms with van der Waals surface area (Å²) in [6, 6.07) is 4.28. The Labute approximate surface area is 92.1 Å². The lowest BCUT2D eigenvalue weighted by molar-refractivity contribution is -0.00341. The zero-order valence-corrected chi connectivity index (χ0v) is 8.88. The lowest BCUT2D eigenvalue weighted by atomic mass is 10.1. The van der Waals surface area contributed by atoms with Crippen LogP contribution in [0.5, 0.6) is 0 Å². The van der Waals surface area contributed by atoms with Crippen molar-refractivity contribution in [2.24, 2.45) is 0 Å². The molecule has 2 N–H and O–H groups in total. The number of aryl methyl sites for hydroxylation is 1. The van der Waals surface area contributed by atoms with Crippen LogP contribution < -0.4 is 5.32 Å². The summed E-state index contributed by atoms with van der Waals surface area (Å²) >= 11 is 0. The number of rotatable bonds is 5. The van der Waals surface area contributed by atoms with Gasteiger partial charge in [-0.3, -0.25) is 0 Å². The number of aliphatic hydroxyl groups is 1. The molecule has 1 rings (SSSR count). The van der Waals surface area contributed by atoms with Crippen LogP contribution in [-0.4, -0.2) is 24.2 Å². The van der Waals surface area contributed by atoms with E-state index in [9.17, 15) is 13.2 Å². The molecule has 0 spiro atoms. The van der Waals surface area contributed by atoms with E-state index in [-0.39, 0.29) is 12.4 Å². The van der Waals surface area contributed by atoms with Crippen LogP contribution in [0.1, 0.15) is 11.1 Å². The topological polar surface area (TPSA) is 32.3 Å². The summed E-state index contributed by atoms with van der Waals surface area (Å²) in [5.41, 5.74) is 1.57. The molecule has 0 aliphatic rings. The van der Waals surface area contributed by atoms with E-state index in [2.05, 4.69) is 5.32 Å². The molecular formula is C11H14F3NO. The van der Waals surface area contributed by atoms with Crippen molar-refractivity contribution in [3.63, 3.8) is 0 Å². The first-order valence-electron chi connectivity index (χ1n) is 4.92. The van der Waals surface area contributed by atoms with E-state index < -0.39 is 12.5 Å². The lowest BCUT2D eigenvalue weighted by Gasteiger charge is -2.11. The smallest absolute Gasteiger partial charge is 0.265 e. The van der Waals surface area contributed by atoms with Crippen molar-refractivity contribution in [1.82, 2.24) is 5.32 Å². The molecule has 1 unspecified atom stereocenters. The summed E-state index contributed by atoms with van der Waals surface area (Å²) in [6.45, 7) is 1.88. The second-order valence-corrected chi connectivity index (χ2v) is 3.60. The van der Waals surface area contributed by atoms with Crippen molar-refractivity contribution in [3.8, 4) is 0 Å². The Morgan fingerprint density at radius 3 is 2.62 bits per heavy atom. The maximum Gasteiger partial charge on any atom is 0.265 e. The van der Waals surface area contributed by atoms with Crippen molar-refractivity contribution in [2.45, 2.75) is 26.0 Å². The molecule has 1 aromatic carbocycles. The Hall–Kier alpha value is -1.07. The van der Waals surface area contributed by atoms with Crippen molar-refractivity contribution in [1.29, 1.82) is 0 Å². The third kappa shape index (κ3) is 3.83. The van der Waals surface area contributed by atoms with Crippen molar-refractivity contribution in [2.75, 3.05) is 6.54 Å². The highest BCUT2D eigenvalue weighted by atomic mass is 19.3. The molecule has 16 heavy (non-hydrogen) atoms. The van der Waals surface area contributed by atoms with Crippen LogP contribution in [0, 0.1) is 12.7 Å². The third-order valence-electron chi connectivity index (χ3n) is 2.26. The van der Waals surface area contributed by atoms with Gasteiger partial charge in [0.1, 0.15) is 11.9 Å². The van der Waals surface area contributed by atoms with Gasteiger partial charge in [0.2, 0.25) is 0 Å². The van der Waals surface area contributed by atoms with Crippen LogP contribution in [0.3, 0.4) is 0 Å². The molecule has 2 nitrogen and oxygen atoms in total. The molecule has 1 aromatic rings. The molecule has 0 aliphatic heterocycles. The van der Waals surface area contributed by atoms with E-state index >= 15 is 0 Å². The molecule has 0 fully saturated rings. The molecule has 0 saturated carbocycles. The van der Waals surface area contributed by atoms with Crippen LogP contribution in [0.2, 0.25) is 0 Å². The Balaban J connectivity index is 2.43. The predicted octanol–water partition coefficient (Wildman–Crippen LogP) is 1.85. The molecule has 0 aliphatic carbocycles. The minimum atomic E-state index is -2.75. The first-order chi connectivity index (χ1) is 7.50. The summed E-state index contributed by atoms with van der Waals surface area (Å²) in [5, 5.41) is 11.5. The molecule has 90 valence electrons. The zero-order chi connectivity index (χ0) is 12.1. The van der Waals surface area contributed by atoms with Gasteiger partial charge in [-0.25, -0.2) is 13.2 Å². The molecule has 0 heterocycles. The van der Waals surface area contributed by atoms with Crippen LogP contribution in [0.25, 0.3) is 0 Å². The molecular weight excluding hydrogens is 219 g/mol. The van der Waals surface area contributed by atoms with E-state index in [4.69, 9.17) is 5.11 Å². The Morgan fingerprint density at radius 2 is 2.06 bits per heavy atom. The molecule has 0 amide bonds. The standard InChI is InChI=1S/C11H14F3NO/c1-7-4-9(12)3-2-8(7)5-15-6-10(16)11(13)14/h2-4,10-11,15-16H,5-6H2,1H3. The summed E-state index contributed by atoms with van der Waals surface area (Å²) in [6.07, 6.45) is -4.41. The monoisotopic (exact) mass is 233 g/mol. The van der Waals surface area contributed by atoms with Crippen LogP contribution in [0.4, 0.5) is 13.2 Å². The fourth-order valence-corrected chi connectivity index (χ4v) is 1.30. The number of nitrogens with one attached hydrogen (secondary N) is 1. The molecule has 0 saturated heterocycles. The van der Waals surface area contributed by atoms with E-state index in [1.165, 1.54) is 12.1 Å². The first-order valence-corrected chi connectivity index (χ1v) is 4.92. The van der Waals surface area contributed by atoms with Crippen LogP contribution in [-0.2, 0) is 6.54 Å². The Bertz CT molecular complexity index is 344. The van der Waals surface area contributed by atoms with Crippen molar-refractivity contribution >= 4 is 0 Å². The number of benzene rings is 1. The van der Waals surface area contributed by atoms with Gasteiger partial charge in [0.15, 0.2) is 0 Å². The number of hydrogen-bond donors (Lipinski definition) is 2. The van der Waals surface area contributed by atoms with E-state index in [1.807, 2.05) is 0 Å². The van der Waals surface area contributed by atoms with Gasteiger partial charge in [-0.05, 0) is 30.2 Å². The number of alkyl halides is 2. The zero-order valence-electron chi connectivity index (χ0n) is 8.88. The fraction of sp³-hybridized carbons (Fsp3) is 0.455. The summed E-state index contributed by atoms with van der Waals surface area (Å²) in [4.78, 5) is 0. The summed E-state index contributed by atoms with van der Waals surface area (Å²) in [7, 11) is 0. The van der Waals surface area contributed by atoms with Crippen molar-refractivity contribution in [3.05, 3.63) is 35.1 Å². The Kier molecular flexibility index (Phi) is 4.76. The maximum atomic E-state index is 12.7. The highest BCUT2D eigenvalue weighted by molar-refractivity contribution is 5.26. The van der Waals surface area contributed by atoms with Gasteiger partial charge in [0.25, 0.3) is 6.43 Å². The van der Waals surface area contributed by atoms with Gasteiger partial charge in [-0.1, -0.05) is 6.07 Å². The van der Waals surface area contributed by atoms with Gasteiger partial charge in [-0.15, -0.1) is 0 Å². The molecule has 5 heteroatoms. The van der Waals surface area contributed by atoms with E-state index in [1.54, 1.807) is 13.0 Å². The highest BCUT2D eigenvalue weighted by Crippen LogP contribution is 2.09. The normalized spacial score (nSPS) is 13.1.